The molecule has 30 heavy (non-hydrogen) atoms. The molecule has 0 bridgehead atoms. The van der Waals surface area contributed by atoms with E-state index in [0.717, 1.165) is 30.4 Å². The van der Waals surface area contributed by atoms with Crippen LogP contribution in [0.25, 0.3) is 16.2 Å². The summed E-state index contributed by atoms with van der Waals surface area (Å²) in [5.41, 5.74) is 9.11. The number of aromatic nitrogens is 5. The number of nitrogens with zero attached hydrogens (tertiary/aromatic N) is 6. The zero-order chi connectivity index (χ0) is 20.9. The van der Waals surface area contributed by atoms with Crippen molar-refractivity contribution >= 4 is 23.3 Å². The van der Waals surface area contributed by atoms with E-state index in [0.29, 0.717) is 34.3 Å². The molecule has 1 saturated heterocycles. The van der Waals surface area contributed by atoms with Crippen LogP contribution >= 0.6 is 11.8 Å². The molecule has 1 aromatic carbocycles. The van der Waals surface area contributed by atoms with Gasteiger partial charge in [0.05, 0.1) is 18.2 Å². The number of hydrogen-bond donors (Lipinski definition) is 2. The molecule has 1 fully saturated rings. The van der Waals surface area contributed by atoms with Gasteiger partial charge in [0, 0.05) is 23.5 Å². The smallest absolute Gasteiger partial charge is 0.235 e. The first-order valence-corrected chi connectivity index (χ1v) is 10.4. The third-order valence-electron chi connectivity index (χ3n) is 4.83. The van der Waals surface area contributed by atoms with E-state index in [4.69, 9.17) is 17.0 Å². The average Bonchev–Trinajstić information content (AvgIpc) is 3.33. The molecular formula is C20H18N8OS. The van der Waals surface area contributed by atoms with E-state index >= 15 is 0 Å². The van der Waals surface area contributed by atoms with Gasteiger partial charge in [0.25, 0.3) is 0 Å². The summed E-state index contributed by atoms with van der Waals surface area (Å²) in [4.78, 5) is 7.92. The first kappa shape index (κ1) is 19.8. The number of pyridine rings is 1. The standard InChI is InChI=1S/C20H18N8OS/c1-23-17-16(15-7-2-3-8-29-15)14(10-21)20(24-18(17)22)30-11-12-5-4-6-13(9-12)19-25-27-28-26-19/h4-6,9,15H,2-3,7-8,11H2,(H2,22,24)(H,25,26,27,28). The predicted octanol–water partition coefficient (Wildman–Crippen LogP) is 3.80. The van der Waals surface area contributed by atoms with Gasteiger partial charge >= 0.3 is 0 Å². The third-order valence-corrected chi connectivity index (χ3v) is 5.88. The molecule has 9 nitrogen and oxygen atoms in total. The fraction of sp³-hybridized carbons (Fsp3) is 0.300. The second-order valence-electron chi connectivity index (χ2n) is 6.74. The fourth-order valence-electron chi connectivity index (χ4n) is 3.44. The van der Waals surface area contributed by atoms with Crippen LogP contribution in [0.15, 0.2) is 29.3 Å². The monoisotopic (exact) mass is 418 g/mol. The van der Waals surface area contributed by atoms with Gasteiger partial charge in [0.1, 0.15) is 16.9 Å². The van der Waals surface area contributed by atoms with Crippen molar-refractivity contribution in [2.75, 3.05) is 12.3 Å². The maximum absolute atomic E-state index is 9.88. The highest BCUT2D eigenvalue weighted by Crippen LogP contribution is 2.42. The minimum Gasteiger partial charge on any atom is -0.392 e. The molecule has 0 aliphatic carbocycles. The van der Waals surface area contributed by atoms with Crippen molar-refractivity contribution in [2.45, 2.75) is 36.1 Å². The van der Waals surface area contributed by atoms with Gasteiger partial charge in [-0.2, -0.15) is 10.5 Å². The Kier molecular flexibility index (Phi) is 5.89. The summed E-state index contributed by atoms with van der Waals surface area (Å²) in [6.07, 6.45) is 2.42. The van der Waals surface area contributed by atoms with Gasteiger partial charge in [-0.3, -0.25) is 0 Å². The molecule has 1 aliphatic rings. The normalized spacial score (nSPS) is 16.0. The summed E-state index contributed by atoms with van der Waals surface area (Å²) in [6.45, 7) is 8.14. The van der Waals surface area contributed by atoms with Crippen molar-refractivity contribution in [3.8, 4) is 17.5 Å². The second kappa shape index (κ2) is 8.91. The van der Waals surface area contributed by atoms with Gasteiger partial charge in [-0.05, 0) is 36.1 Å². The summed E-state index contributed by atoms with van der Waals surface area (Å²) in [6, 6.07) is 10.00. The van der Waals surface area contributed by atoms with Crippen LogP contribution in [0.5, 0.6) is 0 Å². The summed E-state index contributed by atoms with van der Waals surface area (Å²) in [5, 5.41) is 24.4. The third kappa shape index (κ3) is 3.96. The van der Waals surface area contributed by atoms with Gasteiger partial charge in [0.15, 0.2) is 0 Å². The van der Waals surface area contributed by atoms with E-state index in [1.165, 1.54) is 11.8 Å². The average molecular weight is 418 g/mol. The molecule has 4 rings (SSSR count). The van der Waals surface area contributed by atoms with Crippen LogP contribution in [0.2, 0.25) is 0 Å². The Labute approximate surface area is 177 Å². The van der Waals surface area contributed by atoms with Crippen LogP contribution in [-0.2, 0) is 10.5 Å². The molecule has 3 N–H and O–H groups in total. The lowest BCUT2D eigenvalue weighted by Crippen LogP contribution is -2.14. The second-order valence-corrected chi connectivity index (χ2v) is 7.71. The molecule has 3 aromatic rings. The Morgan fingerprint density at radius 3 is 3.00 bits per heavy atom. The number of aromatic amines is 1. The number of tetrazole rings is 1. The molecule has 3 heterocycles. The van der Waals surface area contributed by atoms with Crippen molar-refractivity contribution in [1.29, 1.82) is 5.26 Å². The van der Waals surface area contributed by atoms with Crippen LogP contribution in [0, 0.1) is 17.9 Å². The molecule has 1 aliphatic heterocycles. The van der Waals surface area contributed by atoms with Crippen molar-refractivity contribution in [2.24, 2.45) is 0 Å². The highest BCUT2D eigenvalue weighted by molar-refractivity contribution is 7.98. The number of nitrogens with one attached hydrogen (secondary N) is 1. The molecule has 10 heteroatoms. The summed E-state index contributed by atoms with van der Waals surface area (Å²) < 4.78 is 5.87. The zero-order valence-electron chi connectivity index (χ0n) is 16.0. The number of H-pyrrole nitrogens is 1. The highest BCUT2D eigenvalue weighted by atomic mass is 32.2. The summed E-state index contributed by atoms with van der Waals surface area (Å²) in [5.74, 6) is 1.21. The minimum absolute atomic E-state index is 0.135. The van der Waals surface area contributed by atoms with E-state index in [1.807, 2.05) is 24.3 Å². The Bertz CT molecular complexity index is 1130. The van der Waals surface area contributed by atoms with Gasteiger partial charge in [-0.15, -0.1) is 22.0 Å². The largest absolute Gasteiger partial charge is 0.392 e. The van der Waals surface area contributed by atoms with E-state index in [-0.39, 0.29) is 17.6 Å². The molecule has 2 aromatic heterocycles. The maximum Gasteiger partial charge on any atom is 0.235 e. The van der Waals surface area contributed by atoms with Gasteiger partial charge in [-0.25, -0.2) is 9.83 Å². The topological polar surface area (TPSA) is 131 Å². The van der Waals surface area contributed by atoms with E-state index < -0.39 is 0 Å². The number of nitriles is 1. The number of hydrogen-bond acceptors (Lipinski definition) is 8. The Balaban J connectivity index is 1.65. The lowest BCUT2D eigenvalue weighted by molar-refractivity contribution is 0.0151. The predicted molar refractivity (Wildman–Crippen MR) is 111 cm³/mol. The Hall–Kier alpha value is -3.47. The highest BCUT2D eigenvalue weighted by Gasteiger charge is 2.27. The molecule has 0 radical (unpaired) electrons. The number of nitrogen functional groups attached to an aromatic ring is 1. The Morgan fingerprint density at radius 1 is 1.40 bits per heavy atom. The van der Waals surface area contributed by atoms with Crippen LogP contribution in [0.1, 0.15) is 42.1 Å². The Morgan fingerprint density at radius 2 is 2.30 bits per heavy atom. The number of ether oxygens (including phenoxy) is 1. The van der Waals surface area contributed by atoms with Crippen molar-refractivity contribution < 1.29 is 4.74 Å². The SMILES string of the molecule is [C-]#[N+]c1c(N)nc(SCc2cccc(-c3nn[nH]n3)c2)c(C#N)c1C1CCCCO1. The summed E-state index contributed by atoms with van der Waals surface area (Å²) in [7, 11) is 0. The molecule has 1 unspecified atom stereocenters. The van der Waals surface area contributed by atoms with Crippen molar-refractivity contribution in [3.05, 3.63) is 52.4 Å². The van der Waals surface area contributed by atoms with Crippen LogP contribution in [-0.4, -0.2) is 32.2 Å². The molecule has 1 atom stereocenters. The summed E-state index contributed by atoms with van der Waals surface area (Å²) >= 11 is 1.41. The minimum atomic E-state index is -0.302. The molecule has 150 valence electrons. The number of benzene rings is 1. The van der Waals surface area contributed by atoms with Crippen LogP contribution in [0.4, 0.5) is 11.5 Å². The van der Waals surface area contributed by atoms with Gasteiger partial charge in [0.2, 0.25) is 11.5 Å². The zero-order valence-corrected chi connectivity index (χ0v) is 16.8. The van der Waals surface area contributed by atoms with Gasteiger partial charge < -0.3 is 10.5 Å². The molecule has 0 saturated carbocycles. The quantitative estimate of drug-likeness (QED) is 0.472. The molecule has 0 amide bonds. The number of thioether (sulfide) groups is 1. The van der Waals surface area contributed by atoms with Crippen LogP contribution in [0.3, 0.4) is 0 Å². The van der Waals surface area contributed by atoms with Gasteiger partial charge in [-0.1, -0.05) is 18.2 Å². The van der Waals surface area contributed by atoms with E-state index in [2.05, 4.69) is 36.5 Å². The van der Waals surface area contributed by atoms with E-state index in [9.17, 15) is 5.26 Å². The van der Waals surface area contributed by atoms with Crippen molar-refractivity contribution in [1.82, 2.24) is 25.6 Å². The first-order chi connectivity index (χ1) is 14.7. The maximum atomic E-state index is 9.88. The van der Waals surface area contributed by atoms with Crippen molar-refractivity contribution in [3.63, 3.8) is 0 Å². The lowest BCUT2D eigenvalue weighted by atomic mass is 9.97. The fourth-order valence-corrected chi connectivity index (χ4v) is 4.38. The number of nitrogens with two attached hydrogens (primary N) is 1. The molecule has 0 spiro atoms. The lowest BCUT2D eigenvalue weighted by Gasteiger charge is -2.25. The number of anilines is 1. The molecular weight excluding hydrogens is 400 g/mol. The van der Waals surface area contributed by atoms with Crippen LogP contribution < -0.4 is 5.73 Å². The van der Waals surface area contributed by atoms with E-state index in [1.54, 1.807) is 0 Å². The first-order valence-electron chi connectivity index (χ1n) is 9.39. The number of rotatable bonds is 5.